The third-order valence-corrected chi connectivity index (χ3v) is 6.21. The maximum Gasteiger partial charge on any atom is 0.319 e. The predicted octanol–water partition coefficient (Wildman–Crippen LogP) is 3.56. The van der Waals surface area contributed by atoms with E-state index in [0.717, 1.165) is 44.9 Å². The molecule has 3 unspecified atom stereocenters. The van der Waals surface area contributed by atoms with Gasteiger partial charge in [0.25, 0.3) is 0 Å². The molecule has 2 bridgehead atoms. The van der Waals surface area contributed by atoms with Crippen LogP contribution in [0.4, 0.5) is 0 Å². The molecular formula is C17H25BO3. The van der Waals surface area contributed by atoms with Gasteiger partial charge in [0.15, 0.2) is 0 Å². The molecule has 0 aromatic rings. The molecule has 114 valence electrons. The molecule has 3 atom stereocenters. The number of hydrogen-bond donors (Lipinski definition) is 0. The van der Waals surface area contributed by atoms with Crippen LogP contribution in [0, 0.1) is 17.3 Å². The monoisotopic (exact) mass is 288 g/mol. The Morgan fingerprint density at radius 1 is 1.05 bits per heavy atom. The lowest BCUT2D eigenvalue weighted by Crippen LogP contribution is -2.42. The van der Waals surface area contributed by atoms with Crippen molar-refractivity contribution in [2.75, 3.05) is 0 Å². The molecule has 2 aliphatic carbocycles. The second-order valence-electron chi connectivity index (χ2n) is 7.78. The Balaban J connectivity index is 1.77. The first-order valence-electron chi connectivity index (χ1n) is 8.48. The van der Waals surface area contributed by atoms with E-state index in [-0.39, 0.29) is 23.2 Å². The fourth-order valence-electron chi connectivity index (χ4n) is 4.73. The molecular weight excluding hydrogens is 263 g/mol. The smallest absolute Gasteiger partial charge is 0.319 e. The number of fused-ring (bicyclic) bond motifs is 2. The van der Waals surface area contributed by atoms with Crippen molar-refractivity contribution < 1.29 is 14.3 Å². The normalized spacial score (nSPS) is 40.0. The SMILES string of the molecule is [B]C1(C2CCCC3(C)CC(CC2)C(=O)OC3=O)CCCC1. The van der Waals surface area contributed by atoms with Crippen molar-refractivity contribution >= 4 is 19.8 Å². The minimum absolute atomic E-state index is 0.0345. The highest BCUT2D eigenvalue weighted by molar-refractivity contribution is 6.15. The number of carbonyl (C=O) groups excluding carboxylic acids is 2. The van der Waals surface area contributed by atoms with Gasteiger partial charge in [-0.05, 0) is 38.5 Å². The van der Waals surface area contributed by atoms with E-state index >= 15 is 0 Å². The van der Waals surface area contributed by atoms with E-state index in [1.807, 2.05) is 6.92 Å². The summed E-state index contributed by atoms with van der Waals surface area (Å²) in [4.78, 5) is 24.0. The summed E-state index contributed by atoms with van der Waals surface area (Å²) in [6.07, 6.45) is 10.1. The lowest BCUT2D eigenvalue weighted by Gasteiger charge is -2.35. The van der Waals surface area contributed by atoms with Gasteiger partial charge < -0.3 is 4.74 Å². The first-order chi connectivity index (χ1) is 9.93. The molecule has 1 saturated heterocycles. The molecule has 2 saturated carbocycles. The molecule has 4 heteroatoms. The van der Waals surface area contributed by atoms with Crippen LogP contribution in [-0.2, 0) is 14.3 Å². The van der Waals surface area contributed by atoms with Crippen LogP contribution in [0.3, 0.4) is 0 Å². The van der Waals surface area contributed by atoms with Crippen LogP contribution >= 0.6 is 0 Å². The summed E-state index contributed by atoms with van der Waals surface area (Å²) in [6.45, 7) is 1.96. The average Bonchev–Trinajstić information content (AvgIpc) is 2.89. The number of cyclic esters (lactones) is 2. The summed E-state index contributed by atoms with van der Waals surface area (Å²) in [5.74, 6) is -0.245. The first kappa shape index (κ1) is 15.1. The molecule has 1 aliphatic heterocycles. The number of ether oxygens (including phenoxy) is 1. The van der Waals surface area contributed by atoms with Crippen molar-refractivity contribution in [3.05, 3.63) is 0 Å². The van der Waals surface area contributed by atoms with Gasteiger partial charge in [-0.2, -0.15) is 0 Å². The second kappa shape index (κ2) is 5.44. The molecule has 3 aliphatic rings. The number of rotatable bonds is 1. The third-order valence-electron chi connectivity index (χ3n) is 6.21. The molecule has 21 heavy (non-hydrogen) atoms. The van der Waals surface area contributed by atoms with Gasteiger partial charge in [-0.3, -0.25) is 9.59 Å². The van der Waals surface area contributed by atoms with Gasteiger partial charge in [0.1, 0.15) is 0 Å². The molecule has 0 aromatic carbocycles. The van der Waals surface area contributed by atoms with E-state index in [2.05, 4.69) is 0 Å². The van der Waals surface area contributed by atoms with Crippen LogP contribution in [0.1, 0.15) is 71.1 Å². The second-order valence-corrected chi connectivity index (χ2v) is 7.78. The van der Waals surface area contributed by atoms with Crippen molar-refractivity contribution in [3.63, 3.8) is 0 Å². The standard InChI is InChI=1S/C17H25BO3/c1-16-8-4-5-13(17(18)9-2-3-10-17)7-6-12(11-16)14(19)21-15(16)20/h12-13H,2-11H2,1H3. The number of esters is 2. The van der Waals surface area contributed by atoms with Crippen molar-refractivity contribution in [3.8, 4) is 0 Å². The van der Waals surface area contributed by atoms with Crippen molar-refractivity contribution in [1.29, 1.82) is 0 Å². The van der Waals surface area contributed by atoms with Gasteiger partial charge in [-0.25, -0.2) is 0 Å². The van der Waals surface area contributed by atoms with Crippen LogP contribution in [0.2, 0.25) is 5.31 Å². The van der Waals surface area contributed by atoms with Crippen LogP contribution in [0.5, 0.6) is 0 Å². The van der Waals surface area contributed by atoms with Crippen molar-refractivity contribution in [2.24, 2.45) is 17.3 Å². The van der Waals surface area contributed by atoms with Gasteiger partial charge in [-0.1, -0.05) is 43.8 Å². The Bertz CT molecular complexity index is 441. The van der Waals surface area contributed by atoms with E-state index in [1.54, 1.807) is 0 Å². The molecule has 2 radical (unpaired) electrons. The zero-order valence-electron chi connectivity index (χ0n) is 13.0. The van der Waals surface area contributed by atoms with Gasteiger partial charge in [0.2, 0.25) is 0 Å². The Labute approximate surface area is 128 Å². The summed E-state index contributed by atoms with van der Waals surface area (Å²) < 4.78 is 5.02. The zero-order chi connectivity index (χ0) is 15.1. The highest BCUT2D eigenvalue weighted by atomic mass is 16.6. The maximum atomic E-state index is 12.0. The summed E-state index contributed by atoms with van der Waals surface area (Å²) in [5.41, 5.74) is -0.467. The molecule has 3 fully saturated rings. The van der Waals surface area contributed by atoms with E-state index < -0.39 is 5.41 Å². The Morgan fingerprint density at radius 3 is 2.48 bits per heavy atom. The van der Waals surface area contributed by atoms with Crippen molar-refractivity contribution in [1.82, 2.24) is 0 Å². The predicted molar refractivity (Wildman–Crippen MR) is 80.8 cm³/mol. The van der Waals surface area contributed by atoms with Gasteiger partial charge in [0, 0.05) is 0 Å². The largest absolute Gasteiger partial charge is 0.393 e. The van der Waals surface area contributed by atoms with Crippen LogP contribution < -0.4 is 0 Å². The van der Waals surface area contributed by atoms with Gasteiger partial charge >= 0.3 is 11.9 Å². The van der Waals surface area contributed by atoms with Gasteiger partial charge in [-0.15, -0.1) is 0 Å². The van der Waals surface area contributed by atoms with E-state index in [0.29, 0.717) is 12.3 Å². The molecule has 0 amide bonds. The molecule has 0 N–H and O–H groups in total. The molecule has 0 aromatic heterocycles. The van der Waals surface area contributed by atoms with Crippen LogP contribution in [-0.4, -0.2) is 19.8 Å². The summed E-state index contributed by atoms with van der Waals surface area (Å²) in [7, 11) is 6.65. The highest BCUT2D eigenvalue weighted by Gasteiger charge is 2.47. The summed E-state index contributed by atoms with van der Waals surface area (Å²) in [5, 5.41) is -0.0345. The zero-order valence-corrected chi connectivity index (χ0v) is 13.0. The molecule has 3 rings (SSSR count). The fourth-order valence-corrected chi connectivity index (χ4v) is 4.73. The van der Waals surface area contributed by atoms with Crippen LogP contribution in [0.25, 0.3) is 0 Å². The fraction of sp³-hybridized carbons (Fsp3) is 0.882. The Hall–Kier alpha value is -0.795. The maximum absolute atomic E-state index is 12.0. The molecule has 3 nitrogen and oxygen atoms in total. The summed E-state index contributed by atoms with van der Waals surface area (Å²) >= 11 is 0. The molecule has 1 heterocycles. The minimum atomic E-state index is -0.467. The van der Waals surface area contributed by atoms with E-state index in [4.69, 9.17) is 12.6 Å². The highest BCUT2D eigenvalue weighted by Crippen LogP contribution is 2.53. The minimum Gasteiger partial charge on any atom is -0.393 e. The quantitative estimate of drug-likeness (QED) is 0.421. The first-order valence-corrected chi connectivity index (χ1v) is 8.48. The topological polar surface area (TPSA) is 43.4 Å². The Kier molecular flexibility index (Phi) is 3.92. The number of hydrogen-bond acceptors (Lipinski definition) is 3. The average molecular weight is 288 g/mol. The summed E-state index contributed by atoms with van der Waals surface area (Å²) in [6, 6.07) is 0. The van der Waals surface area contributed by atoms with E-state index in [1.165, 1.54) is 12.8 Å². The lowest BCUT2D eigenvalue weighted by atomic mass is 9.57. The van der Waals surface area contributed by atoms with E-state index in [9.17, 15) is 9.59 Å². The van der Waals surface area contributed by atoms with Crippen molar-refractivity contribution in [2.45, 2.75) is 76.4 Å². The van der Waals surface area contributed by atoms with Crippen LogP contribution in [0.15, 0.2) is 0 Å². The number of carbonyl (C=O) groups is 2. The Morgan fingerprint density at radius 2 is 1.76 bits per heavy atom. The molecule has 0 spiro atoms. The third kappa shape index (κ3) is 2.78. The lowest BCUT2D eigenvalue weighted by molar-refractivity contribution is -0.178. The van der Waals surface area contributed by atoms with Gasteiger partial charge in [0.05, 0.1) is 19.2 Å².